The maximum Gasteiger partial charge on any atom is 0.408 e. The maximum absolute atomic E-state index is 16.0. The number of aryl methyl sites for hydroxylation is 1. The molecule has 37 heteroatoms. The van der Waals surface area contributed by atoms with E-state index in [2.05, 4.69) is 42.2 Å². The number of benzene rings is 3. The molecule has 0 spiro atoms. The SMILES string of the molecule is CC[C@@H]1[C@@H]2CN(C(=O)[C@H](C(C)(C)C)NC(=O)O[C@@H]3CC4CC4[C@H]3CCCCC(F)(F)c3nc4ccc(Cl)cc4nc3O2)[C@@H]1[C-]=O.C[C@@H]1[C@@H]2CN(C(=O)[C@H](C(C)(C)C)NC(=O)O[C@@H]3CC4CC4[C@H]3CCCCC(F)(F)c3nc4ccc(Cl)cc4nc3O2)[C@@H]1[C-]=O.C[C@@H]1[C@@H]2CN(C(=O)[C@H](C(C)(C)C)NC(=O)O[C@@H]3CC4CC4[C@H]3CCCCCc3nc4ccc(Cl)cc4nc3O2)[C@@H]1[C-]=O.[V].[V].[V]. The van der Waals surface area contributed by atoms with Crippen molar-refractivity contribution >= 4 is 123 Å². The fourth-order valence-electron chi connectivity index (χ4n) is 22.2. The van der Waals surface area contributed by atoms with Gasteiger partial charge in [0.15, 0.2) is 11.4 Å². The maximum atomic E-state index is 16.0. The zero-order chi connectivity index (χ0) is 93.6. The van der Waals surface area contributed by atoms with E-state index < -0.39 is 149 Å². The molecule has 6 aromatic rings. The Bertz CT molecular complexity index is 5370. The van der Waals surface area contributed by atoms with Crippen molar-refractivity contribution in [2.45, 2.75) is 296 Å². The summed E-state index contributed by atoms with van der Waals surface area (Å²) >= 11 is 18.6. The Balaban J connectivity index is 0.000000169. The van der Waals surface area contributed by atoms with Crippen molar-refractivity contribution in [3.8, 4) is 17.6 Å². The number of nitrogens with zero attached hydrogens (tertiary/aromatic N) is 9. The number of alkyl carbamates (subject to hydrolysis) is 3. The number of alkyl halides is 4. The molecule has 6 saturated carbocycles. The van der Waals surface area contributed by atoms with Crippen LogP contribution in [0.25, 0.3) is 33.1 Å². The third-order valence-corrected chi connectivity index (χ3v) is 30.4. The first kappa shape index (κ1) is 104. The van der Waals surface area contributed by atoms with Crippen molar-refractivity contribution in [1.29, 1.82) is 0 Å². The molecule has 9 fully saturated rings. The molecule has 6 bridgehead atoms. The Morgan fingerprint density at radius 2 is 0.731 bits per heavy atom. The minimum atomic E-state index is -3.36. The fourth-order valence-corrected chi connectivity index (χ4v) is 22.7. The molecule has 6 unspecified atom stereocenters. The van der Waals surface area contributed by atoms with Crippen LogP contribution in [0.3, 0.4) is 0 Å². The monoisotopic (exact) mass is 2020 g/mol. The van der Waals surface area contributed by atoms with Gasteiger partial charge in [-0.3, -0.25) is 14.4 Å². The standard InChI is InChI=1S/C33H40ClF2N4O5.C32H38ClF2N4O5.C32H40ClN4O5.3V/c1-5-19-24(16-41)40-15-26(19)44-29-27(37-22-10-9-18(34)14-23(22)38-29)33(35,36)11-7-6-8-20-21-12-17(21)13-25(20)45-31(43)39-28(30(40)42)32(2,3)4;1-16-23(15-40)39-14-25(16)43-28-26(36-21-9-8-18(33)13-22(21)37-28)32(34,35)10-6-5-7-19-20-11-17(20)12-24(19)44-30(42)38-27(29(39)41)31(2,3)4;1-17-25(16-38)37-15-27(17)41-29-23(34-22-11-10-19(33)14-24(22)35-29)9-7-5-6-8-20-21-12-18(21)13-26(20)42-31(40)36-28(30(37)39)32(2,3)4;;;/h9-10,14,17,19-21,24-26,28H,5-8,11-13,15H2,1-4H3,(H,39,43);8-9,13,16-17,19-20,23-25,27H,5-7,10-12,14H2,1-4H3,(H,38,42);10-11,14,17-18,20-21,25-28H,5-9,12-13,15H2,1-4H3,(H,36,40);;;/q3*-1;;;/t17?,19-,20+,21?,24+,25+,26-,28+;16-,17?,19+,20?,23+,24+,25-,27+;17-,18?,20+,21?,25+,26+,27-,28+;;;/m000.../s1. The Labute approximate surface area is 829 Å². The van der Waals surface area contributed by atoms with E-state index in [9.17, 15) is 43.2 Å². The van der Waals surface area contributed by atoms with Gasteiger partial charge in [-0.15, -0.1) is 0 Å². The number of hydrogen-bond acceptors (Lipinski definition) is 21. The van der Waals surface area contributed by atoms with Gasteiger partial charge in [-0.2, -0.15) is 17.6 Å². The van der Waals surface area contributed by atoms with Gasteiger partial charge in [0.25, 0.3) is 11.8 Å². The average molecular weight is 2030 g/mol. The normalized spacial score (nSPS) is 33.0. The van der Waals surface area contributed by atoms with Crippen LogP contribution in [-0.2, 0) is 117 Å². The largest absolute Gasteiger partial charge is 0.540 e. The van der Waals surface area contributed by atoms with Crippen LogP contribution in [0, 0.1) is 87.3 Å². The van der Waals surface area contributed by atoms with Crippen LogP contribution >= 0.6 is 34.8 Å². The molecule has 24 atom stereocenters. The van der Waals surface area contributed by atoms with Crippen LogP contribution in [0.1, 0.15) is 222 Å². The molecular weight excluding hydrogens is 1910 g/mol. The number of halogens is 7. The van der Waals surface area contributed by atoms with Gasteiger partial charge in [-0.1, -0.05) is 168 Å². The van der Waals surface area contributed by atoms with E-state index in [0.717, 1.165) is 69.0 Å². The number of hydrogen-bond donors (Lipinski definition) is 3. The number of amides is 6. The fraction of sp³-hybridized carbons (Fsp3) is 0.660. The molecule has 6 aliphatic heterocycles. The van der Waals surface area contributed by atoms with E-state index in [1.54, 1.807) is 37.3 Å². The number of fused-ring (bicyclic) bond motifs is 21. The summed E-state index contributed by atoms with van der Waals surface area (Å²) in [6.45, 7) is 21.9. The number of carbonyl (C=O) groups excluding carboxylic acids is 9. The van der Waals surface area contributed by atoms with Crippen LogP contribution in [-0.4, -0.2) is 192 Å². The molecular formula is C97H118Cl3F4N12O15V3-3. The Morgan fingerprint density at radius 3 is 1.09 bits per heavy atom. The van der Waals surface area contributed by atoms with E-state index in [4.69, 9.17) is 73.2 Å². The second-order valence-electron chi connectivity index (χ2n) is 41.9. The van der Waals surface area contributed by atoms with Gasteiger partial charge in [0, 0.05) is 83.6 Å². The molecule has 9 heterocycles. The summed E-state index contributed by atoms with van der Waals surface area (Å²) in [4.78, 5) is 150. The van der Waals surface area contributed by atoms with Gasteiger partial charge in [-0.05, 0) is 225 Å². The summed E-state index contributed by atoms with van der Waals surface area (Å²) in [6.07, 6.45) is 13.7. The first-order valence-electron chi connectivity index (χ1n) is 46.7. The third-order valence-electron chi connectivity index (χ3n) is 29.7. The van der Waals surface area contributed by atoms with Crippen molar-refractivity contribution in [2.24, 2.45) is 87.3 Å². The van der Waals surface area contributed by atoms with E-state index in [-0.39, 0.29) is 158 Å². The molecule has 6 amide bonds. The van der Waals surface area contributed by atoms with Crippen molar-refractivity contribution in [1.82, 2.24) is 60.6 Å². The zero-order valence-electron chi connectivity index (χ0n) is 77.5. The molecule has 3 saturated heterocycles. The van der Waals surface area contributed by atoms with E-state index in [1.165, 1.54) is 39.3 Å². The first-order valence-corrected chi connectivity index (χ1v) is 47.9. The molecule has 134 heavy (non-hydrogen) atoms. The van der Waals surface area contributed by atoms with Crippen molar-refractivity contribution < 1.29 is 145 Å². The van der Waals surface area contributed by atoms with Crippen molar-refractivity contribution in [2.75, 3.05) is 19.6 Å². The Hall–Kier alpha value is -7.35. The molecule has 3 aromatic carbocycles. The zero-order valence-corrected chi connectivity index (χ0v) is 83.9. The number of rotatable bonds is 4. The topological polar surface area (TPSA) is 332 Å². The average Bonchev–Trinajstić information content (AvgIpc) is 1.60. The Kier molecular flexibility index (Phi) is 32.3. The molecule has 3 radical (unpaired) electrons. The molecule has 6 aliphatic carbocycles. The molecule has 27 nitrogen and oxygen atoms in total. The third kappa shape index (κ3) is 22.4. The minimum Gasteiger partial charge on any atom is -0.540 e. The van der Waals surface area contributed by atoms with Gasteiger partial charge in [-0.25, -0.2) is 63.1 Å². The molecule has 12 aliphatic rings. The number of nitrogens with one attached hydrogen (secondary N) is 3. The van der Waals surface area contributed by atoms with E-state index in [1.807, 2.05) is 94.8 Å². The number of carbonyl (C=O) groups is 6. The number of ether oxygens (including phenoxy) is 6. The van der Waals surface area contributed by atoms with Crippen molar-refractivity contribution in [3.63, 3.8) is 0 Å². The minimum absolute atomic E-state index is 0. The van der Waals surface area contributed by atoms with Crippen LogP contribution < -0.4 is 30.2 Å². The molecule has 18 rings (SSSR count). The van der Waals surface area contributed by atoms with Gasteiger partial charge in [0.2, 0.25) is 35.4 Å². The van der Waals surface area contributed by atoms with E-state index >= 15 is 17.6 Å². The van der Waals surface area contributed by atoms with Gasteiger partial charge >= 0.3 is 18.3 Å². The summed E-state index contributed by atoms with van der Waals surface area (Å²) in [5.41, 5.74) is -0.0324. The number of aromatic nitrogens is 6. The summed E-state index contributed by atoms with van der Waals surface area (Å²) in [6, 6.07) is 8.88. The predicted octanol–water partition coefficient (Wildman–Crippen LogP) is 17.3. The van der Waals surface area contributed by atoms with Crippen LogP contribution in [0.2, 0.25) is 15.1 Å². The first-order chi connectivity index (χ1) is 62.1. The smallest absolute Gasteiger partial charge is 0.408 e. The van der Waals surface area contributed by atoms with Crippen LogP contribution in [0.5, 0.6) is 17.6 Å². The molecule has 723 valence electrons. The van der Waals surface area contributed by atoms with Crippen LogP contribution in [0.15, 0.2) is 54.6 Å². The van der Waals surface area contributed by atoms with Gasteiger partial charge in [0.05, 0.1) is 52.7 Å². The van der Waals surface area contributed by atoms with Gasteiger partial charge < -0.3 is 73.5 Å². The Morgan fingerprint density at radius 1 is 0.403 bits per heavy atom. The second-order valence-corrected chi connectivity index (χ2v) is 43.2. The van der Waals surface area contributed by atoms with Gasteiger partial charge in [0.1, 0.15) is 60.4 Å². The summed E-state index contributed by atoms with van der Waals surface area (Å²) in [7, 11) is 0. The summed E-state index contributed by atoms with van der Waals surface area (Å²) in [5, 5.41) is 9.76. The summed E-state index contributed by atoms with van der Waals surface area (Å²) < 4.78 is 101. The summed E-state index contributed by atoms with van der Waals surface area (Å²) in [5.74, 6) is -6.33. The quantitative estimate of drug-likeness (QED) is 0.0838. The predicted molar refractivity (Wildman–Crippen MR) is 479 cm³/mol. The molecule has 3 aromatic heterocycles. The second kappa shape index (κ2) is 41.6. The van der Waals surface area contributed by atoms with E-state index in [0.29, 0.717) is 112 Å². The molecule has 3 N–H and O–H groups in total. The van der Waals surface area contributed by atoms with Crippen molar-refractivity contribution in [3.05, 3.63) is 86.7 Å². The van der Waals surface area contributed by atoms with Crippen LogP contribution in [0.4, 0.5) is 31.9 Å².